The minimum Gasteiger partial charge on any atom is -0.497 e. The van der Waals surface area contributed by atoms with E-state index >= 15 is 0 Å². The van der Waals surface area contributed by atoms with Crippen LogP contribution in [0.25, 0.3) is 11.0 Å². The van der Waals surface area contributed by atoms with Gasteiger partial charge in [0.25, 0.3) is 0 Å². The van der Waals surface area contributed by atoms with E-state index in [-0.39, 0.29) is 18.4 Å². The number of hydrogen-bond acceptors (Lipinski definition) is 7. The highest BCUT2D eigenvalue weighted by molar-refractivity contribution is 6.02. The quantitative estimate of drug-likeness (QED) is 0.336. The summed E-state index contributed by atoms with van der Waals surface area (Å²) >= 11 is 0. The lowest BCUT2D eigenvalue weighted by Gasteiger charge is -2.35. The predicted octanol–water partition coefficient (Wildman–Crippen LogP) is 4.29. The maximum atomic E-state index is 14.3. The van der Waals surface area contributed by atoms with Crippen LogP contribution in [0.15, 0.2) is 66.7 Å². The Hall–Kier alpha value is -4.60. The van der Waals surface area contributed by atoms with Gasteiger partial charge in [0.05, 0.1) is 12.6 Å². The fourth-order valence-electron chi connectivity index (χ4n) is 4.55. The summed E-state index contributed by atoms with van der Waals surface area (Å²) in [4.78, 5) is 29.8. The van der Waals surface area contributed by atoms with Crippen LogP contribution in [0.2, 0.25) is 0 Å². The van der Waals surface area contributed by atoms with Gasteiger partial charge in [-0.15, -0.1) is 5.10 Å². The van der Waals surface area contributed by atoms with Gasteiger partial charge in [0.1, 0.15) is 37.1 Å². The van der Waals surface area contributed by atoms with Gasteiger partial charge in [0.15, 0.2) is 11.5 Å². The summed E-state index contributed by atoms with van der Waals surface area (Å²) in [5.41, 5.74) is 2.01. The molecule has 1 aliphatic rings. The fourth-order valence-corrected chi connectivity index (χ4v) is 4.55. The zero-order valence-corrected chi connectivity index (χ0v) is 23.1. The second-order valence-corrected chi connectivity index (χ2v) is 10.2. The number of hydrogen-bond donors (Lipinski definition) is 1. The molecule has 1 aliphatic heterocycles. The number of para-hydroxylation sites is 1. The van der Waals surface area contributed by atoms with Gasteiger partial charge in [-0.2, -0.15) is 0 Å². The zero-order chi connectivity index (χ0) is 28.3. The second-order valence-electron chi connectivity index (χ2n) is 10.2. The van der Waals surface area contributed by atoms with Crippen molar-refractivity contribution in [1.82, 2.24) is 20.3 Å². The van der Waals surface area contributed by atoms with Crippen molar-refractivity contribution in [3.8, 4) is 17.2 Å². The Morgan fingerprint density at radius 3 is 2.50 bits per heavy atom. The van der Waals surface area contributed by atoms with E-state index < -0.39 is 11.6 Å². The Kier molecular flexibility index (Phi) is 7.59. The van der Waals surface area contributed by atoms with Crippen molar-refractivity contribution < 1.29 is 23.8 Å². The van der Waals surface area contributed by atoms with Crippen molar-refractivity contribution in [3.63, 3.8) is 0 Å². The first-order valence-electron chi connectivity index (χ1n) is 13.3. The molecule has 10 nitrogen and oxygen atoms in total. The molecule has 2 heterocycles. The van der Waals surface area contributed by atoms with Crippen molar-refractivity contribution in [2.24, 2.45) is 0 Å². The third-order valence-electron chi connectivity index (χ3n) is 7.06. The Morgan fingerprint density at radius 2 is 1.77 bits per heavy atom. The number of amides is 2. The molecule has 0 radical (unpaired) electrons. The smallest absolute Gasteiger partial charge is 0.249 e. The number of carbonyl (C=O) groups excluding carboxylic acids is 2. The summed E-state index contributed by atoms with van der Waals surface area (Å²) in [6.07, 6.45) is 0.705. The molecule has 0 unspecified atom stereocenters. The highest BCUT2D eigenvalue weighted by Gasteiger charge is 2.36. The first kappa shape index (κ1) is 27.0. The average molecular weight is 544 g/mol. The molecule has 3 aromatic carbocycles. The molecular weight excluding hydrogens is 510 g/mol. The van der Waals surface area contributed by atoms with Gasteiger partial charge in [0, 0.05) is 17.3 Å². The molecule has 5 rings (SSSR count). The monoisotopic (exact) mass is 543 g/mol. The van der Waals surface area contributed by atoms with E-state index in [1.807, 2.05) is 45.0 Å². The van der Waals surface area contributed by atoms with Crippen molar-refractivity contribution in [1.29, 1.82) is 0 Å². The van der Waals surface area contributed by atoms with E-state index in [4.69, 9.17) is 14.2 Å². The van der Waals surface area contributed by atoms with Crippen LogP contribution in [0, 0.1) is 0 Å². The van der Waals surface area contributed by atoms with E-state index in [2.05, 4.69) is 15.6 Å². The average Bonchev–Trinajstić information content (AvgIpc) is 3.38. The summed E-state index contributed by atoms with van der Waals surface area (Å²) in [5.74, 6) is 1.07. The lowest BCUT2D eigenvalue weighted by molar-refractivity contribution is -0.128. The topological polar surface area (TPSA) is 108 Å². The lowest BCUT2D eigenvalue weighted by atomic mass is 9.98. The van der Waals surface area contributed by atoms with E-state index in [1.165, 1.54) is 4.90 Å². The molecule has 0 fully saturated rings. The molecule has 2 amide bonds. The molecule has 0 saturated heterocycles. The number of nitrogens with zero attached hydrogens (tertiary/aromatic N) is 4. The Bertz CT molecular complexity index is 1510. The Morgan fingerprint density at radius 1 is 1.05 bits per heavy atom. The van der Waals surface area contributed by atoms with Crippen LogP contribution in [-0.2, 0) is 16.1 Å². The van der Waals surface area contributed by atoms with Crippen LogP contribution >= 0.6 is 0 Å². The molecule has 40 heavy (non-hydrogen) atoms. The Labute approximate surface area is 232 Å². The predicted molar refractivity (Wildman–Crippen MR) is 151 cm³/mol. The largest absolute Gasteiger partial charge is 0.497 e. The number of anilines is 1. The minimum absolute atomic E-state index is 0.133. The number of rotatable bonds is 9. The van der Waals surface area contributed by atoms with E-state index in [1.54, 1.807) is 54.3 Å². The molecule has 208 valence electrons. The number of ether oxygens (including phenoxy) is 3. The molecule has 4 aromatic rings. The highest BCUT2D eigenvalue weighted by atomic mass is 16.6. The summed E-state index contributed by atoms with van der Waals surface area (Å²) in [6, 6.07) is 18.8. The summed E-state index contributed by atoms with van der Waals surface area (Å²) in [6.45, 7) is 6.61. The number of nitrogens with one attached hydrogen (secondary N) is 1. The van der Waals surface area contributed by atoms with E-state index in [0.29, 0.717) is 53.7 Å². The summed E-state index contributed by atoms with van der Waals surface area (Å²) in [7, 11) is 1.58. The third kappa shape index (κ3) is 5.56. The highest BCUT2D eigenvalue weighted by Crippen LogP contribution is 2.38. The van der Waals surface area contributed by atoms with Crippen molar-refractivity contribution >= 4 is 28.5 Å². The van der Waals surface area contributed by atoms with Crippen LogP contribution in [0.5, 0.6) is 17.2 Å². The number of aromatic nitrogens is 3. The van der Waals surface area contributed by atoms with Crippen LogP contribution in [0.3, 0.4) is 0 Å². The molecule has 0 saturated carbocycles. The van der Waals surface area contributed by atoms with Gasteiger partial charge in [0.2, 0.25) is 11.8 Å². The number of fused-ring (bicyclic) bond motifs is 2. The van der Waals surface area contributed by atoms with Crippen LogP contribution in [0.4, 0.5) is 5.69 Å². The van der Waals surface area contributed by atoms with Gasteiger partial charge in [-0.25, -0.2) is 4.68 Å². The molecular formula is C30H33N5O5. The van der Waals surface area contributed by atoms with E-state index in [9.17, 15) is 9.59 Å². The van der Waals surface area contributed by atoms with Gasteiger partial charge >= 0.3 is 0 Å². The zero-order valence-electron chi connectivity index (χ0n) is 23.1. The minimum atomic E-state index is -0.999. The third-order valence-corrected chi connectivity index (χ3v) is 7.06. The van der Waals surface area contributed by atoms with Crippen LogP contribution in [-0.4, -0.2) is 52.7 Å². The summed E-state index contributed by atoms with van der Waals surface area (Å²) < 4.78 is 18.4. The van der Waals surface area contributed by atoms with Crippen molar-refractivity contribution in [3.05, 3.63) is 72.3 Å². The normalized spacial score (nSPS) is 13.5. The van der Waals surface area contributed by atoms with Crippen LogP contribution < -0.4 is 24.4 Å². The maximum Gasteiger partial charge on any atom is 0.249 e. The Balaban J connectivity index is 1.62. The molecule has 0 aliphatic carbocycles. The summed E-state index contributed by atoms with van der Waals surface area (Å²) in [5, 5.41) is 11.5. The molecule has 1 N–H and O–H groups in total. The van der Waals surface area contributed by atoms with Crippen molar-refractivity contribution in [2.45, 2.75) is 45.3 Å². The van der Waals surface area contributed by atoms with E-state index in [0.717, 1.165) is 5.52 Å². The van der Waals surface area contributed by atoms with Crippen molar-refractivity contribution in [2.75, 3.05) is 25.2 Å². The number of benzene rings is 3. The molecule has 1 atom stereocenters. The second kappa shape index (κ2) is 11.3. The first-order chi connectivity index (χ1) is 19.3. The van der Waals surface area contributed by atoms with Gasteiger partial charge < -0.3 is 19.5 Å². The molecule has 10 heteroatoms. The number of methoxy groups -OCH3 is 1. The molecule has 1 aromatic heterocycles. The van der Waals surface area contributed by atoms with Gasteiger partial charge in [-0.3, -0.25) is 14.5 Å². The maximum absolute atomic E-state index is 14.3. The SMILES string of the molecule is CCC(C)(C)NC(=O)[C@@H](c1ccc(OC)cc1)N(C(=O)Cn1nnc2ccccc21)c1ccc2c(c1)OCCO2. The van der Waals surface area contributed by atoms with Crippen LogP contribution in [0.1, 0.15) is 38.8 Å². The van der Waals surface area contributed by atoms with Gasteiger partial charge in [-0.05, 0) is 62.2 Å². The fraction of sp³-hybridized carbons (Fsp3) is 0.333. The standard InChI is InChI=1S/C30H33N5O5/c1-5-30(2,3)31-29(37)28(20-10-13-22(38-4)14-11-20)35(21-12-15-25-26(18-21)40-17-16-39-25)27(36)19-34-24-9-7-6-8-23(24)32-33-34/h6-15,18,28H,5,16-17,19H2,1-4H3,(H,31,37)/t28-/m1/s1. The first-order valence-corrected chi connectivity index (χ1v) is 13.3. The number of carbonyl (C=O) groups is 2. The van der Waals surface area contributed by atoms with Gasteiger partial charge in [-0.1, -0.05) is 36.4 Å². The molecule has 0 bridgehead atoms. The molecule has 0 spiro atoms. The lowest BCUT2D eigenvalue weighted by Crippen LogP contribution is -2.51.